The maximum absolute atomic E-state index is 4.63. The molecule has 0 heterocycles. The Bertz CT molecular complexity index is 605. The molecule has 1 nitrogen and oxygen atoms in total. The molecule has 0 amide bonds. The second kappa shape index (κ2) is 8.56. The first-order chi connectivity index (χ1) is 10.3. The summed E-state index contributed by atoms with van der Waals surface area (Å²) < 4.78 is 0. The largest absolute Gasteiger partial charge is 0.260 e. The highest BCUT2D eigenvalue weighted by Crippen LogP contribution is 2.20. The van der Waals surface area contributed by atoms with Crippen LogP contribution >= 0.6 is 0 Å². The van der Waals surface area contributed by atoms with Gasteiger partial charge in [-0.2, -0.15) is 0 Å². The smallest absolute Gasteiger partial charge is 0.0655 e. The van der Waals surface area contributed by atoms with Gasteiger partial charge in [-0.15, -0.1) is 5.73 Å². The van der Waals surface area contributed by atoms with Crippen molar-refractivity contribution >= 4 is 11.9 Å². The fraction of sp³-hybridized carbons (Fsp3) is 0.429. The Morgan fingerprint density at radius 1 is 1.18 bits per heavy atom. The summed E-state index contributed by atoms with van der Waals surface area (Å²) in [7, 11) is 0. The van der Waals surface area contributed by atoms with Crippen LogP contribution in [0.5, 0.6) is 0 Å². The SMILES string of the molecule is CC(=C=CC(C)(C)C=Nc1ccccc1C)CCC=C(C)C. The van der Waals surface area contributed by atoms with Gasteiger partial charge >= 0.3 is 0 Å². The first kappa shape index (κ1) is 18.2. The molecule has 0 aliphatic heterocycles. The molecular formula is C21H29N. The third kappa shape index (κ3) is 7.24. The number of rotatable bonds is 6. The molecule has 1 aromatic carbocycles. The van der Waals surface area contributed by atoms with Crippen molar-refractivity contribution in [1.29, 1.82) is 0 Å². The molecule has 1 aromatic rings. The zero-order valence-electron chi connectivity index (χ0n) is 14.9. The Morgan fingerprint density at radius 3 is 2.50 bits per heavy atom. The summed E-state index contributed by atoms with van der Waals surface area (Å²) in [6, 6.07) is 8.20. The molecule has 0 bridgehead atoms. The van der Waals surface area contributed by atoms with Crippen molar-refractivity contribution < 1.29 is 0 Å². The minimum absolute atomic E-state index is 0.0972. The second-order valence-electron chi connectivity index (χ2n) is 6.76. The van der Waals surface area contributed by atoms with Crippen molar-refractivity contribution in [3.05, 3.63) is 58.9 Å². The molecule has 0 spiro atoms. The van der Waals surface area contributed by atoms with Crippen LogP contribution in [-0.4, -0.2) is 6.21 Å². The van der Waals surface area contributed by atoms with Gasteiger partial charge in [-0.25, -0.2) is 0 Å². The van der Waals surface area contributed by atoms with E-state index in [2.05, 4.69) is 70.5 Å². The zero-order chi connectivity index (χ0) is 16.6. The standard InChI is InChI=1S/C21H29N/c1-17(2)10-9-11-18(3)14-15-21(5,6)16-22-20-13-8-7-12-19(20)4/h7-8,10,12-13,15-16H,9,11H2,1-6H3. The highest BCUT2D eigenvalue weighted by molar-refractivity contribution is 5.71. The quantitative estimate of drug-likeness (QED) is 0.319. The summed E-state index contributed by atoms with van der Waals surface area (Å²) in [5.74, 6) is 0. The normalized spacial score (nSPS) is 11.2. The summed E-state index contributed by atoms with van der Waals surface area (Å²) in [5.41, 5.74) is 8.22. The first-order valence-electron chi connectivity index (χ1n) is 7.98. The lowest BCUT2D eigenvalue weighted by molar-refractivity contribution is 0.694. The average molecular weight is 295 g/mol. The van der Waals surface area contributed by atoms with Crippen molar-refractivity contribution in [1.82, 2.24) is 0 Å². The maximum atomic E-state index is 4.63. The molecule has 22 heavy (non-hydrogen) atoms. The highest BCUT2D eigenvalue weighted by atomic mass is 14.7. The van der Waals surface area contributed by atoms with Gasteiger partial charge in [-0.3, -0.25) is 4.99 Å². The molecule has 0 saturated heterocycles. The number of benzene rings is 1. The summed E-state index contributed by atoms with van der Waals surface area (Å²) in [6.45, 7) is 12.8. The Morgan fingerprint density at radius 2 is 1.86 bits per heavy atom. The molecule has 0 aromatic heterocycles. The van der Waals surface area contributed by atoms with Crippen LogP contribution in [0, 0.1) is 12.3 Å². The lowest BCUT2D eigenvalue weighted by Gasteiger charge is -2.12. The van der Waals surface area contributed by atoms with E-state index in [1.165, 1.54) is 16.7 Å². The summed E-state index contributed by atoms with van der Waals surface area (Å²) in [4.78, 5) is 4.63. The molecule has 0 unspecified atom stereocenters. The van der Waals surface area contributed by atoms with E-state index in [1.807, 2.05) is 24.4 Å². The molecule has 1 rings (SSSR count). The Kier molecular flexibility index (Phi) is 7.08. The summed E-state index contributed by atoms with van der Waals surface area (Å²) in [5, 5.41) is 0. The van der Waals surface area contributed by atoms with Crippen LogP contribution in [0.2, 0.25) is 0 Å². The number of aliphatic imine (C=N–C) groups is 1. The molecule has 0 fully saturated rings. The predicted molar refractivity (Wildman–Crippen MR) is 99.0 cm³/mol. The van der Waals surface area contributed by atoms with Crippen molar-refractivity contribution in [3.63, 3.8) is 0 Å². The Labute approximate surface area is 136 Å². The van der Waals surface area contributed by atoms with Crippen molar-refractivity contribution in [2.45, 2.75) is 54.4 Å². The number of hydrogen-bond donors (Lipinski definition) is 0. The molecule has 0 saturated carbocycles. The van der Waals surface area contributed by atoms with E-state index in [4.69, 9.17) is 0 Å². The van der Waals surface area contributed by atoms with E-state index in [9.17, 15) is 0 Å². The highest BCUT2D eigenvalue weighted by Gasteiger charge is 2.10. The molecule has 0 radical (unpaired) electrons. The number of para-hydroxylation sites is 1. The van der Waals surface area contributed by atoms with Crippen molar-refractivity contribution in [2.24, 2.45) is 10.4 Å². The Balaban J connectivity index is 2.75. The number of hydrogen-bond acceptors (Lipinski definition) is 1. The van der Waals surface area contributed by atoms with E-state index < -0.39 is 0 Å². The molecule has 0 aliphatic rings. The average Bonchev–Trinajstić information content (AvgIpc) is 2.44. The van der Waals surface area contributed by atoms with Crippen molar-refractivity contribution in [2.75, 3.05) is 0 Å². The number of allylic oxidation sites excluding steroid dienone is 3. The number of nitrogens with zero attached hydrogens (tertiary/aromatic N) is 1. The van der Waals surface area contributed by atoms with Crippen LogP contribution in [0.3, 0.4) is 0 Å². The van der Waals surface area contributed by atoms with Gasteiger partial charge in [0.2, 0.25) is 0 Å². The van der Waals surface area contributed by atoms with Gasteiger partial charge in [0.05, 0.1) is 5.69 Å². The van der Waals surface area contributed by atoms with E-state index >= 15 is 0 Å². The maximum Gasteiger partial charge on any atom is 0.0655 e. The fourth-order valence-electron chi connectivity index (χ4n) is 1.94. The van der Waals surface area contributed by atoms with Gasteiger partial charge in [-0.05, 0) is 63.8 Å². The molecule has 0 N–H and O–H groups in total. The van der Waals surface area contributed by atoms with E-state index in [-0.39, 0.29) is 5.41 Å². The second-order valence-corrected chi connectivity index (χ2v) is 6.76. The van der Waals surface area contributed by atoms with Crippen LogP contribution < -0.4 is 0 Å². The van der Waals surface area contributed by atoms with Crippen LogP contribution in [0.4, 0.5) is 5.69 Å². The van der Waals surface area contributed by atoms with Crippen LogP contribution in [0.15, 0.2) is 58.3 Å². The Hall–Kier alpha value is -1.85. The lowest BCUT2D eigenvalue weighted by atomic mass is 9.94. The summed E-state index contributed by atoms with van der Waals surface area (Å²) >= 11 is 0. The predicted octanol–water partition coefficient (Wildman–Crippen LogP) is 6.57. The zero-order valence-corrected chi connectivity index (χ0v) is 14.9. The monoisotopic (exact) mass is 295 g/mol. The summed E-state index contributed by atoms with van der Waals surface area (Å²) in [6.07, 6.45) is 8.55. The topological polar surface area (TPSA) is 12.4 Å². The van der Waals surface area contributed by atoms with Crippen LogP contribution in [0.1, 0.15) is 53.0 Å². The fourth-order valence-corrected chi connectivity index (χ4v) is 1.94. The van der Waals surface area contributed by atoms with Gasteiger partial charge in [0.1, 0.15) is 0 Å². The van der Waals surface area contributed by atoms with Crippen LogP contribution in [0.25, 0.3) is 0 Å². The lowest BCUT2D eigenvalue weighted by Crippen LogP contribution is -2.08. The van der Waals surface area contributed by atoms with Gasteiger partial charge in [0.25, 0.3) is 0 Å². The van der Waals surface area contributed by atoms with Crippen LogP contribution in [-0.2, 0) is 0 Å². The minimum Gasteiger partial charge on any atom is -0.260 e. The molecule has 0 atom stereocenters. The molecule has 0 aliphatic carbocycles. The van der Waals surface area contributed by atoms with E-state index in [0.29, 0.717) is 0 Å². The molecule has 1 heteroatoms. The van der Waals surface area contributed by atoms with Crippen molar-refractivity contribution in [3.8, 4) is 0 Å². The van der Waals surface area contributed by atoms with Gasteiger partial charge in [-0.1, -0.05) is 43.7 Å². The van der Waals surface area contributed by atoms with Gasteiger partial charge in [0, 0.05) is 11.6 Å². The molecule has 118 valence electrons. The van der Waals surface area contributed by atoms with E-state index in [0.717, 1.165) is 18.5 Å². The first-order valence-corrected chi connectivity index (χ1v) is 7.98. The van der Waals surface area contributed by atoms with E-state index in [1.54, 1.807) is 0 Å². The van der Waals surface area contributed by atoms with Gasteiger partial charge < -0.3 is 0 Å². The third-order valence-corrected chi connectivity index (χ3v) is 3.41. The minimum atomic E-state index is -0.0972. The molecular weight excluding hydrogens is 266 g/mol. The number of aryl methyl sites for hydroxylation is 1. The van der Waals surface area contributed by atoms with Gasteiger partial charge in [0.15, 0.2) is 0 Å². The third-order valence-electron chi connectivity index (χ3n) is 3.41.